The highest BCUT2D eigenvalue weighted by atomic mass is 32.1. The fourth-order valence-electron chi connectivity index (χ4n) is 2.34. The number of aliphatic hydroxyl groups excluding tert-OH is 1. The van der Waals surface area contributed by atoms with Crippen molar-refractivity contribution in [2.24, 2.45) is 5.41 Å². The van der Waals surface area contributed by atoms with E-state index in [0.717, 1.165) is 23.6 Å². The summed E-state index contributed by atoms with van der Waals surface area (Å²) in [4.78, 5) is 5.60. The SMILES string of the molecule is Cc1nc2sccn2c1CNC(CCO)C(C)(C)C. The molecule has 0 radical (unpaired) electrons. The van der Waals surface area contributed by atoms with Crippen LogP contribution in [0.15, 0.2) is 11.6 Å². The number of imidazole rings is 1. The third kappa shape index (κ3) is 3.16. The molecule has 0 aliphatic heterocycles. The van der Waals surface area contributed by atoms with Gasteiger partial charge in [0.25, 0.3) is 0 Å². The molecule has 0 spiro atoms. The summed E-state index contributed by atoms with van der Waals surface area (Å²) >= 11 is 1.66. The zero-order valence-electron chi connectivity index (χ0n) is 12.1. The van der Waals surface area contributed by atoms with Gasteiger partial charge in [-0.3, -0.25) is 4.40 Å². The number of hydrogen-bond donors (Lipinski definition) is 2. The fourth-order valence-corrected chi connectivity index (χ4v) is 3.12. The van der Waals surface area contributed by atoms with E-state index in [0.29, 0.717) is 6.04 Å². The second-order valence-corrected chi connectivity index (χ2v) is 6.88. The molecule has 19 heavy (non-hydrogen) atoms. The van der Waals surface area contributed by atoms with Crippen LogP contribution >= 0.6 is 11.3 Å². The first-order chi connectivity index (χ1) is 8.93. The second kappa shape index (κ2) is 5.61. The lowest BCUT2D eigenvalue weighted by Crippen LogP contribution is -2.40. The zero-order chi connectivity index (χ0) is 14.0. The first kappa shape index (κ1) is 14.5. The van der Waals surface area contributed by atoms with Gasteiger partial charge in [0.1, 0.15) is 0 Å². The molecule has 0 amide bonds. The predicted octanol–water partition coefficient (Wildman–Crippen LogP) is 2.59. The minimum absolute atomic E-state index is 0.134. The van der Waals surface area contributed by atoms with Crippen LogP contribution in [0.2, 0.25) is 0 Å². The summed E-state index contributed by atoms with van der Waals surface area (Å²) in [5.74, 6) is 0. The Bertz CT molecular complexity index is 538. The van der Waals surface area contributed by atoms with Crippen molar-refractivity contribution in [2.45, 2.75) is 46.7 Å². The Morgan fingerprint density at radius 1 is 1.47 bits per heavy atom. The molecule has 0 aliphatic rings. The molecule has 2 rings (SSSR count). The fraction of sp³-hybridized carbons (Fsp3) is 0.643. The Balaban J connectivity index is 2.12. The lowest BCUT2D eigenvalue weighted by Gasteiger charge is -2.31. The maximum absolute atomic E-state index is 9.19. The van der Waals surface area contributed by atoms with Crippen LogP contribution in [0.4, 0.5) is 0 Å². The molecule has 0 bridgehead atoms. The Kier molecular flexibility index (Phi) is 4.28. The molecule has 0 saturated carbocycles. The van der Waals surface area contributed by atoms with Crippen LogP contribution in [0.25, 0.3) is 4.96 Å². The van der Waals surface area contributed by atoms with Crippen LogP contribution < -0.4 is 5.32 Å². The largest absolute Gasteiger partial charge is 0.396 e. The molecule has 2 N–H and O–H groups in total. The average Bonchev–Trinajstić information content (AvgIpc) is 2.84. The van der Waals surface area contributed by atoms with Crippen LogP contribution in [0.3, 0.4) is 0 Å². The number of nitrogens with zero attached hydrogens (tertiary/aromatic N) is 2. The summed E-state index contributed by atoms with van der Waals surface area (Å²) in [6.07, 6.45) is 2.84. The summed E-state index contributed by atoms with van der Waals surface area (Å²) in [5.41, 5.74) is 2.43. The average molecular weight is 281 g/mol. The van der Waals surface area contributed by atoms with Gasteiger partial charge in [0.15, 0.2) is 4.96 Å². The molecule has 2 aromatic heterocycles. The van der Waals surface area contributed by atoms with E-state index in [1.54, 1.807) is 11.3 Å². The van der Waals surface area contributed by atoms with E-state index in [4.69, 9.17) is 0 Å². The molecule has 106 valence electrons. The van der Waals surface area contributed by atoms with E-state index in [1.165, 1.54) is 5.69 Å². The van der Waals surface area contributed by atoms with E-state index in [9.17, 15) is 5.11 Å². The van der Waals surface area contributed by atoms with Crippen molar-refractivity contribution in [2.75, 3.05) is 6.61 Å². The second-order valence-electron chi connectivity index (χ2n) is 6.01. The maximum Gasteiger partial charge on any atom is 0.194 e. The highest BCUT2D eigenvalue weighted by Gasteiger charge is 2.24. The third-order valence-corrected chi connectivity index (χ3v) is 4.30. The number of aliphatic hydroxyl groups is 1. The van der Waals surface area contributed by atoms with Crippen molar-refractivity contribution >= 4 is 16.3 Å². The van der Waals surface area contributed by atoms with Crippen LogP contribution in [0.5, 0.6) is 0 Å². The maximum atomic E-state index is 9.19. The molecule has 0 aliphatic carbocycles. The molecule has 0 saturated heterocycles. The molecule has 1 unspecified atom stereocenters. The summed E-state index contributed by atoms with van der Waals surface area (Å²) in [5, 5.41) is 14.8. The van der Waals surface area contributed by atoms with E-state index in [-0.39, 0.29) is 12.0 Å². The summed E-state index contributed by atoms with van der Waals surface area (Å²) in [7, 11) is 0. The van der Waals surface area contributed by atoms with Crippen molar-refractivity contribution in [1.82, 2.24) is 14.7 Å². The van der Waals surface area contributed by atoms with Crippen molar-refractivity contribution in [3.05, 3.63) is 23.0 Å². The first-order valence-electron chi connectivity index (χ1n) is 6.68. The van der Waals surface area contributed by atoms with Gasteiger partial charge in [0.05, 0.1) is 11.4 Å². The number of thiazole rings is 1. The quantitative estimate of drug-likeness (QED) is 0.885. The molecule has 2 heterocycles. The summed E-state index contributed by atoms with van der Waals surface area (Å²) in [6, 6.07) is 0.293. The van der Waals surface area contributed by atoms with E-state index >= 15 is 0 Å². The monoisotopic (exact) mass is 281 g/mol. The predicted molar refractivity (Wildman–Crippen MR) is 79.6 cm³/mol. The molecule has 0 fully saturated rings. The highest BCUT2D eigenvalue weighted by Crippen LogP contribution is 2.23. The van der Waals surface area contributed by atoms with Crippen LogP contribution in [-0.2, 0) is 6.54 Å². The standard InChI is InChI=1S/C14H23N3OS/c1-10-11(17-6-8-19-13(17)16-10)9-15-12(5-7-18)14(2,3)4/h6,8,12,15,18H,5,7,9H2,1-4H3. The smallest absolute Gasteiger partial charge is 0.194 e. The minimum atomic E-state index is 0.134. The topological polar surface area (TPSA) is 49.6 Å². The van der Waals surface area contributed by atoms with E-state index in [1.807, 2.05) is 0 Å². The van der Waals surface area contributed by atoms with Crippen molar-refractivity contribution < 1.29 is 5.11 Å². The van der Waals surface area contributed by atoms with Gasteiger partial charge >= 0.3 is 0 Å². The van der Waals surface area contributed by atoms with Gasteiger partial charge in [-0.1, -0.05) is 20.8 Å². The number of fused-ring (bicyclic) bond motifs is 1. The van der Waals surface area contributed by atoms with Gasteiger partial charge in [-0.25, -0.2) is 4.98 Å². The van der Waals surface area contributed by atoms with Gasteiger partial charge in [0, 0.05) is 30.8 Å². The lowest BCUT2D eigenvalue weighted by atomic mass is 9.85. The van der Waals surface area contributed by atoms with Gasteiger partial charge in [0.2, 0.25) is 0 Å². The molecule has 4 nitrogen and oxygen atoms in total. The summed E-state index contributed by atoms with van der Waals surface area (Å²) in [6.45, 7) is 9.64. The highest BCUT2D eigenvalue weighted by molar-refractivity contribution is 7.15. The van der Waals surface area contributed by atoms with Crippen molar-refractivity contribution in [1.29, 1.82) is 0 Å². The van der Waals surface area contributed by atoms with Gasteiger partial charge in [-0.2, -0.15) is 0 Å². The van der Waals surface area contributed by atoms with Crippen molar-refractivity contribution in [3.63, 3.8) is 0 Å². The number of aromatic nitrogens is 2. The van der Waals surface area contributed by atoms with Gasteiger partial charge in [-0.15, -0.1) is 11.3 Å². The molecular formula is C14H23N3OS. The van der Waals surface area contributed by atoms with E-state index in [2.05, 4.69) is 54.0 Å². The Morgan fingerprint density at radius 3 is 2.84 bits per heavy atom. The van der Waals surface area contributed by atoms with Crippen LogP contribution in [0.1, 0.15) is 38.6 Å². The Labute approximate surface area is 118 Å². The molecule has 1 atom stereocenters. The number of rotatable bonds is 5. The number of aryl methyl sites for hydroxylation is 1. The summed E-state index contributed by atoms with van der Waals surface area (Å²) < 4.78 is 2.14. The van der Waals surface area contributed by atoms with Crippen molar-refractivity contribution in [3.8, 4) is 0 Å². The Hall–Kier alpha value is -0.910. The van der Waals surface area contributed by atoms with Crippen LogP contribution in [0, 0.1) is 12.3 Å². The third-order valence-electron chi connectivity index (χ3n) is 3.54. The molecule has 5 heteroatoms. The normalized spacial score (nSPS) is 14.2. The number of nitrogens with one attached hydrogen (secondary N) is 1. The Morgan fingerprint density at radius 2 is 2.21 bits per heavy atom. The zero-order valence-corrected chi connectivity index (χ0v) is 12.9. The van der Waals surface area contributed by atoms with E-state index < -0.39 is 0 Å². The van der Waals surface area contributed by atoms with Crippen LogP contribution in [-0.4, -0.2) is 27.1 Å². The number of hydrogen-bond acceptors (Lipinski definition) is 4. The first-order valence-corrected chi connectivity index (χ1v) is 7.56. The lowest BCUT2D eigenvalue weighted by molar-refractivity contribution is 0.196. The molecule has 0 aromatic carbocycles. The minimum Gasteiger partial charge on any atom is -0.396 e. The molecule has 2 aromatic rings. The molecular weight excluding hydrogens is 258 g/mol. The van der Waals surface area contributed by atoms with Gasteiger partial charge < -0.3 is 10.4 Å². The van der Waals surface area contributed by atoms with Gasteiger partial charge in [-0.05, 0) is 18.8 Å².